The van der Waals surface area contributed by atoms with Crippen LogP contribution in [0.4, 0.5) is 5.69 Å². The summed E-state index contributed by atoms with van der Waals surface area (Å²) in [4.78, 5) is 0. The number of azo groups is 1. The molecule has 4 aromatic carbocycles. The minimum absolute atomic E-state index is 0.598. The number of hydrogen-bond acceptors (Lipinski definition) is 2. The molecule has 0 aromatic heterocycles. The van der Waals surface area contributed by atoms with E-state index >= 15 is 0 Å². The predicted octanol–water partition coefficient (Wildman–Crippen LogP) is 6.96. The van der Waals surface area contributed by atoms with Gasteiger partial charge >= 0.3 is 0 Å². The lowest BCUT2D eigenvalue weighted by molar-refractivity contribution is 0.511. The van der Waals surface area contributed by atoms with E-state index in [0.717, 1.165) is 23.2 Å². The van der Waals surface area contributed by atoms with Gasteiger partial charge in [0.1, 0.15) is 5.54 Å². The maximum Gasteiger partial charge on any atom is 0.136 e. The van der Waals surface area contributed by atoms with Gasteiger partial charge < -0.3 is 0 Å². The maximum absolute atomic E-state index is 4.99. The summed E-state index contributed by atoms with van der Waals surface area (Å²) in [5.41, 5.74) is 3.74. The van der Waals surface area contributed by atoms with Crippen molar-refractivity contribution in [3.63, 3.8) is 0 Å². The lowest BCUT2D eigenvalue weighted by Crippen LogP contribution is -2.28. The van der Waals surface area contributed by atoms with Gasteiger partial charge in [-0.05, 0) is 28.8 Å². The van der Waals surface area contributed by atoms with Crippen LogP contribution < -0.4 is 0 Å². The van der Waals surface area contributed by atoms with Gasteiger partial charge in [-0.25, -0.2) is 0 Å². The average Bonchev–Trinajstić information content (AvgIpc) is 2.79. The van der Waals surface area contributed by atoms with E-state index in [1.54, 1.807) is 0 Å². The molecular formula is C26H22N2. The maximum atomic E-state index is 4.99. The van der Waals surface area contributed by atoms with Gasteiger partial charge in [-0.1, -0.05) is 109 Å². The molecule has 0 spiro atoms. The monoisotopic (exact) mass is 362 g/mol. The summed E-state index contributed by atoms with van der Waals surface area (Å²) in [6.07, 6.45) is 0.734. The molecule has 0 aliphatic rings. The highest BCUT2D eigenvalue weighted by Gasteiger charge is 2.35. The zero-order valence-corrected chi connectivity index (χ0v) is 15.6. The number of hydrogen-bond donors (Lipinski definition) is 0. The first-order chi connectivity index (χ1) is 13.9. The average molecular weight is 362 g/mol. The Morgan fingerprint density at radius 3 is 1.43 bits per heavy atom. The molecule has 0 unspecified atom stereocenters. The van der Waals surface area contributed by atoms with Crippen LogP contribution in [0.1, 0.15) is 16.7 Å². The van der Waals surface area contributed by atoms with E-state index < -0.39 is 5.54 Å². The summed E-state index contributed by atoms with van der Waals surface area (Å²) in [6.45, 7) is 0. The van der Waals surface area contributed by atoms with Crippen molar-refractivity contribution < 1.29 is 0 Å². The molecule has 0 aliphatic carbocycles. The van der Waals surface area contributed by atoms with Crippen molar-refractivity contribution in [1.82, 2.24) is 0 Å². The van der Waals surface area contributed by atoms with Crippen LogP contribution in [0.25, 0.3) is 0 Å². The smallest absolute Gasteiger partial charge is 0.136 e. The Labute approximate surface area is 166 Å². The molecule has 0 radical (unpaired) electrons. The first-order valence-corrected chi connectivity index (χ1v) is 9.50. The minimum Gasteiger partial charge on any atom is -0.172 e. The fourth-order valence-electron chi connectivity index (χ4n) is 3.48. The molecule has 0 aliphatic heterocycles. The molecule has 0 saturated heterocycles. The molecule has 0 heterocycles. The standard InChI is InChI=1S/C26H22N2/c1-5-13-22(14-6-1)21-26(23-15-7-2-8-16-23,24-17-9-3-10-18-24)28-27-25-19-11-4-12-20-25/h1-20H,21H2. The molecule has 136 valence electrons. The van der Waals surface area contributed by atoms with Crippen molar-refractivity contribution in [2.45, 2.75) is 12.0 Å². The fourth-order valence-corrected chi connectivity index (χ4v) is 3.48. The third-order valence-electron chi connectivity index (χ3n) is 4.90. The zero-order valence-electron chi connectivity index (χ0n) is 15.6. The highest BCUT2D eigenvalue weighted by atomic mass is 15.2. The second-order valence-corrected chi connectivity index (χ2v) is 6.79. The van der Waals surface area contributed by atoms with E-state index in [1.165, 1.54) is 5.56 Å². The van der Waals surface area contributed by atoms with E-state index in [0.29, 0.717) is 0 Å². The van der Waals surface area contributed by atoms with Crippen LogP contribution in [0.5, 0.6) is 0 Å². The Kier molecular flexibility index (Phi) is 5.39. The third-order valence-corrected chi connectivity index (χ3v) is 4.90. The van der Waals surface area contributed by atoms with Crippen molar-refractivity contribution in [2.24, 2.45) is 10.2 Å². The van der Waals surface area contributed by atoms with Gasteiger partial charge in [0.15, 0.2) is 0 Å². The summed E-state index contributed by atoms with van der Waals surface area (Å²) in [5.74, 6) is 0. The number of rotatable bonds is 6. The molecule has 0 amide bonds. The summed E-state index contributed by atoms with van der Waals surface area (Å²) < 4.78 is 0. The summed E-state index contributed by atoms with van der Waals surface area (Å²) >= 11 is 0. The van der Waals surface area contributed by atoms with E-state index in [2.05, 4.69) is 77.9 Å². The van der Waals surface area contributed by atoms with Crippen LogP contribution in [-0.2, 0) is 12.0 Å². The highest BCUT2D eigenvalue weighted by Crippen LogP contribution is 2.38. The molecule has 0 saturated carbocycles. The summed E-state index contributed by atoms with van der Waals surface area (Å²) in [6, 6.07) is 41.3. The Morgan fingerprint density at radius 1 is 0.500 bits per heavy atom. The minimum atomic E-state index is -0.598. The van der Waals surface area contributed by atoms with E-state index in [9.17, 15) is 0 Å². The first kappa shape index (κ1) is 17.9. The molecule has 0 fully saturated rings. The predicted molar refractivity (Wildman–Crippen MR) is 115 cm³/mol. The van der Waals surface area contributed by atoms with Gasteiger partial charge in [-0.15, -0.1) is 0 Å². The molecule has 0 atom stereocenters. The normalized spacial score (nSPS) is 11.6. The lowest BCUT2D eigenvalue weighted by Gasteiger charge is -2.30. The van der Waals surface area contributed by atoms with Crippen molar-refractivity contribution in [3.8, 4) is 0 Å². The van der Waals surface area contributed by atoms with Gasteiger partial charge in [-0.2, -0.15) is 10.2 Å². The molecule has 4 rings (SSSR count). The SMILES string of the molecule is c1ccc(CC(N=Nc2ccccc2)(c2ccccc2)c2ccccc2)cc1. The molecule has 0 bridgehead atoms. The first-order valence-electron chi connectivity index (χ1n) is 9.50. The van der Waals surface area contributed by atoms with Gasteiger partial charge in [-0.3, -0.25) is 0 Å². The molecular weight excluding hydrogens is 340 g/mol. The highest BCUT2D eigenvalue weighted by molar-refractivity contribution is 5.42. The van der Waals surface area contributed by atoms with Crippen LogP contribution in [0, 0.1) is 0 Å². The Morgan fingerprint density at radius 2 is 0.929 bits per heavy atom. The van der Waals surface area contributed by atoms with Crippen molar-refractivity contribution in [1.29, 1.82) is 0 Å². The zero-order chi connectivity index (χ0) is 19.1. The summed E-state index contributed by atoms with van der Waals surface area (Å²) in [7, 11) is 0. The molecule has 28 heavy (non-hydrogen) atoms. The van der Waals surface area contributed by atoms with Crippen LogP contribution in [-0.4, -0.2) is 0 Å². The van der Waals surface area contributed by atoms with E-state index in [1.807, 2.05) is 48.5 Å². The largest absolute Gasteiger partial charge is 0.172 e. The second-order valence-electron chi connectivity index (χ2n) is 6.79. The van der Waals surface area contributed by atoms with Crippen LogP contribution in [0.2, 0.25) is 0 Å². The van der Waals surface area contributed by atoms with Gasteiger partial charge in [0.25, 0.3) is 0 Å². The molecule has 4 aromatic rings. The quantitative estimate of drug-likeness (QED) is 0.331. The van der Waals surface area contributed by atoms with Crippen molar-refractivity contribution in [3.05, 3.63) is 138 Å². The van der Waals surface area contributed by atoms with Crippen LogP contribution >= 0.6 is 0 Å². The van der Waals surface area contributed by atoms with E-state index in [4.69, 9.17) is 5.11 Å². The van der Waals surface area contributed by atoms with Gasteiger partial charge in [0, 0.05) is 6.42 Å². The number of benzene rings is 4. The molecule has 0 N–H and O–H groups in total. The Hall–Kier alpha value is -3.52. The van der Waals surface area contributed by atoms with Crippen molar-refractivity contribution in [2.75, 3.05) is 0 Å². The van der Waals surface area contributed by atoms with Crippen LogP contribution in [0.15, 0.2) is 132 Å². The Balaban J connectivity index is 1.90. The fraction of sp³-hybridized carbons (Fsp3) is 0.0769. The molecule has 2 nitrogen and oxygen atoms in total. The van der Waals surface area contributed by atoms with Crippen molar-refractivity contribution >= 4 is 5.69 Å². The topological polar surface area (TPSA) is 24.7 Å². The number of nitrogens with zero attached hydrogens (tertiary/aromatic N) is 2. The van der Waals surface area contributed by atoms with E-state index in [-0.39, 0.29) is 0 Å². The summed E-state index contributed by atoms with van der Waals surface area (Å²) in [5, 5.41) is 9.64. The van der Waals surface area contributed by atoms with Gasteiger partial charge in [0.05, 0.1) is 5.69 Å². The third kappa shape index (κ3) is 3.91. The van der Waals surface area contributed by atoms with Gasteiger partial charge in [0.2, 0.25) is 0 Å². The Bertz CT molecular complexity index is 972. The lowest BCUT2D eigenvalue weighted by atomic mass is 9.79. The second kappa shape index (κ2) is 8.45. The molecule has 2 heteroatoms. The van der Waals surface area contributed by atoms with Crippen LogP contribution in [0.3, 0.4) is 0 Å².